The number of rotatable bonds is 5. The highest BCUT2D eigenvalue weighted by Gasteiger charge is 2.54. The molecule has 2 fully saturated rings. The molecule has 0 unspecified atom stereocenters. The van der Waals surface area contributed by atoms with Gasteiger partial charge in [-0.05, 0) is 27.2 Å². The third-order valence-corrected chi connectivity index (χ3v) is 4.79. The third-order valence-electron chi connectivity index (χ3n) is 4.79. The molecule has 0 saturated carbocycles. The van der Waals surface area contributed by atoms with E-state index in [1.54, 1.807) is 4.90 Å². The lowest BCUT2D eigenvalue weighted by atomic mass is 9.90. The number of nitrogens with zero attached hydrogens (tertiary/aromatic N) is 4. The van der Waals surface area contributed by atoms with E-state index < -0.39 is 5.54 Å². The summed E-state index contributed by atoms with van der Waals surface area (Å²) in [6, 6.07) is 2.28. The van der Waals surface area contributed by atoms with E-state index in [-0.39, 0.29) is 31.0 Å². The van der Waals surface area contributed by atoms with Gasteiger partial charge in [-0.15, -0.1) is 0 Å². The molecule has 2 rings (SSSR count). The van der Waals surface area contributed by atoms with Gasteiger partial charge in [-0.25, -0.2) is 0 Å². The van der Waals surface area contributed by atoms with Crippen molar-refractivity contribution < 1.29 is 14.3 Å². The van der Waals surface area contributed by atoms with Gasteiger partial charge >= 0.3 is 0 Å². The van der Waals surface area contributed by atoms with Crippen LogP contribution in [0.2, 0.25) is 0 Å². The lowest BCUT2D eigenvalue weighted by molar-refractivity contribution is -0.152. The Hall–Kier alpha value is -1.65. The molecule has 2 aliphatic heterocycles. The number of piperazine rings is 1. The fourth-order valence-corrected chi connectivity index (χ4v) is 3.48. The fourth-order valence-electron chi connectivity index (χ4n) is 3.48. The van der Waals surface area contributed by atoms with E-state index in [4.69, 9.17) is 10.00 Å². The van der Waals surface area contributed by atoms with Crippen LogP contribution >= 0.6 is 0 Å². The first-order valence-electron chi connectivity index (χ1n) is 8.25. The first-order valence-corrected chi connectivity index (χ1v) is 8.25. The van der Waals surface area contributed by atoms with E-state index >= 15 is 0 Å². The smallest absolute Gasteiger partial charge is 0.248 e. The van der Waals surface area contributed by atoms with Gasteiger partial charge in [0.15, 0.2) is 0 Å². The van der Waals surface area contributed by atoms with Gasteiger partial charge in [0.1, 0.15) is 12.1 Å². The van der Waals surface area contributed by atoms with Crippen molar-refractivity contribution >= 4 is 11.8 Å². The zero-order valence-corrected chi connectivity index (χ0v) is 14.2. The minimum atomic E-state index is -0.750. The minimum Gasteiger partial charge on any atom is -0.372 e. The molecule has 23 heavy (non-hydrogen) atoms. The molecule has 0 N–H and O–H groups in total. The van der Waals surface area contributed by atoms with E-state index in [0.29, 0.717) is 39.2 Å². The number of nitriles is 1. The summed E-state index contributed by atoms with van der Waals surface area (Å²) in [5.41, 5.74) is -0.750. The van der Waals surface area contributed by atoms with Gasteiger partial charge in [-0.2, -0.15) is 5.26 Å². The number of carbonyl (C=O) groups is 2. The maximum absolute atomic E-state index is 13.1. The molecule has 0 radical (unpaired) electrons. The van der Waals surface area contributed by atoms with Crippen molar-refractivity contribution in [3.63, 3.8) is 0 Å². The summed E-state index contributed by atoms with van der Waals surface area (Å²) in [7, 11) is 0. The standard InChI is InChI=1S/C16H26N4O3/c1-4-23-11-14(21)18-7-5-16(12-18)15(22)20(13(2)3)10-9-19(16)8-6-17/h13H,4-5,7-12H2,1-3H3/t16-/m0/s1. The molecule has 128 valence electrons. The molecule has 2 saturated heterocycles. The van der Waals surface area contributed by atoms with Crippen LogP contribution in [0.25, 0.3) is 0 Å². The summed E-state index contributed by atoms with van der Waals surface area (Å²) in [6.45, 7) is 8.78. The van der Waals surface area contributed by atoms with Crippen LogP contribution in [-0.2, 0) is 14.3 Å². The zero-order chi connectivity index (χ0) is 17.0. The van der Waals surface area contributed by atoms with Gasteiger partial charge in [0, 0.05) is 38.8 Å². The molecule has 1 atom stereocenters. The molecule has 2 heterocycles. The predicted octanol–water partition coefficient (Wildman–Crippen LogP) is 0.0702. The van der Waals surface area contributed by atoms with Crippen molar-refractivity contribution in [1.82, 2.24) is 14.7 Å². The molecular formula is C16H26N4O3. The van der Waals surface area contributed by atoms with Crippen molar-refractivity contribution in [1.29, 1.82) is 5.26 Å². The van der Waals surface area contributed by atoms with Crippen LogP contribution in [0.5, 0.6) is 0 Å². The molecule has 0 aromatic rings. The SMILES string of the molecule is CCOCC(=O)N1CC[C@]2(C1)C(=O)N(C(C)C)CCN2CC#N. The van der Waals surface area contributed by atoms with Gasteiger partial charge in [0.25, 0.3) is 0 Å². The van der Waals surface area contributed by atoms with Crippen LogP contribution < -0.4 is 0 Å². The predicted molar refractivity (Wildman–Crippen MR) is 84.5 cm³/mol. The molecule has 2 aliphatic rings. The summed E-state index contributed by atoms with van der Waals surface area (Å²) < 4.78 is 5.19. The van der Waals surface area contributed by atoms with E-state index in [9.17, 15) is 9.59 Å². The molecule has 1 spiro atoms. The first kappa shape index (κ1) is 17.7. The monoisotopic (exact) mass is 322 g/mol. The van der Waals surface area contributed by atoms with Gasteiger partial charge in [-0.3, -0.25) is 14.5 Å². The van der Waals surface area contributed by atoms with Crippen molar-refractivity contribution in [2.45, 2.75) is 38.8 Å². The minimum absolute atomic E-state index is 0.0423. The maximum Gasteiger partial charge on any atom is 0.248 e. The summed E-state index contributed by atoms with van der Waals surface area (Å²) in [6.07, 6.45) is 0.578. The third kappa shape index (κ3) is 3.33. The van der Waals surface area contributed by atoms with Crippen molar-refractivity contribution in [2.24, 2.45) is 0 Å². The molecule has 7 nitrogen and oxygen atoms in total. The van der Waals surface area contributed by atoms with Crippen molar-refractivity contribution in [3.05, 3.63) is 0 Å². The Morgan fingerprint density at radius 3 is 2.74 bits per heavy atom. The van der Waals surface area contributed by atoms with E-state index in [0.717, 1.165) is 0 Å². The molecule has 7 heteroatoms. The molecule has 2 amide bonds. The average molecular weight is 322 g/mol. The summed E-state index contributed by atoms with van der Waals surface area (Å²) >= 11 is 0. The summed E-state index contributed by atoms with van der Waals surface area (Å²) in [5.74, 6) is -0.0455. The Balaban J connectivity index is 2.19. The largest absolute Gasteiger partial charge is 0.372 e. The Kier molecular flexibility index (Phi) is 5.60. The summed E-state index contributed by atoms with van der Waals surface area (Å²) in [5, 5.41) is 9.10. The average Bonchev–Trinajstić information content (AvgIpc) is 2.96. The molecular weight excluding hydrogens is 296 g/mol. The number of amides is 2. The number of ether oxygens (including phenoxy) is 1. The molecule has 0 aromatic carbocycles. The van der Waals surface area contributed by atoms with Crippen LogP contribution in [0.4, 0.5) is 0 Å². The Labute approximate surface area is 137 Å². The highest BCUT2D eigenvalue weighted by Crippen LogP contribution is 2.33. The Morgan fingerprint density at radius 1 is 1.39 bits per heavy atom. The Morgan fingerprint density at radius 2 is 2.13 bits per heavy atom. The molecule has 0 bridgehead atoms. The molecule has 0 aromatic heterocycles. The number of likely N-dealkylation sites (tertiary alicyclic amines) is 1. The van der Waals surface area contributed by atoms with Crippen LogP contribution in [0, 0.1) is 11.3 Å². The number of carbonyl (C=O) groups excluding carboxylic acids is 2. The fraction of sp³-hybridized carbons (Fsp3) is 0.812. The van der Waals surface area contributed by atoms with Gasteiger partial charge in [-0.1, -0.05) is 0 Å². The van der Waals surface area contributed by atoms with Gasteiger partial charge in [0.05, 0.1) is 12.6 Å². The van der Waals surface area contributed by atoms with Gasteiger partial charge in [0.2, 0.25) is 11.8 Å². The van der Waals surface area contributed by atoms with Crippen molar-refractivity contribution in [2.75, 3.05) is 45.9 Å². The second-order valence-corrected chi connectivity index (χ2v) is 6.41. The summed E-state index contributed by atoms with van der Waals surface area (Å²) in [4.78, 5) is 30.8. The van der Waals surface area contributed by atoms with Gasteiger partial charge < -0.3 is 14.5 Å². The van der Waals surface area contributed by atoms with E-state index in [2.05, 4.69) is 6.07 Å². The Bertz CT molecular complexity index is 502. The maximum atomic E-state index is 13.1. The highest BCUT2D eigenvalue weighted by atomic mass is 16.5. The van der Waals surface area contributed by atoms with E-state index in [1.165, 1.54) is 0 Å². The normalized spacial score (nSPS) is 25.4. The lowest BCUT2D eigenvalue weighted by Crippen LogP contribution is -2.68. The first-order chi connectivity index (χ1) is 11.0. The molecule has 0 aliphatic carbocycles. The van der Waals surface area contributed by atoms with Crippen molar-refractivity contribution in [3.8, 4) is 6.07 Å². The van der Waals surface area contributed by atoms with Crippen LogP contribution in [0.15, 0.2) is 0 Å². The quantitative estimate of drug-likeness (QED) is 0.670. The van der Waals surface area contributed by atoms with E-state index in [1.807, 2.05) is 30.6 Å². The number of hydrogen-bond donors (Lipinski definition) is 0. The zero-order valence-electron chi connectivity index (χ0n) is 14.2. The topological polar surface area (TPSA) is 76.9 Å². The second-order valence-electron chi connectivity index (χ2n) is 6.41. The van der Waals surface area contributed by atoms with Crippen LogP contribution in [-0.4, -0.2) is 84.0 Å². The van der Waals surface area contributed by atoms with Crippen LogP contribution in [0.1, 0.15) is 27.2 Å². The second kappa shape index (κ2) is 7.28. The van der Waals surface area contributed by atoms with Crippen LogP contribution in [0.3, 0.4) is 0 Å². The lowest BCUT2D eigenvalue weighted by Gasteiger charge is -2.48. The number of hydrogen-bond acceptors (Lipinski definition) is 5. The highest BCUT2D eigenvalue weighted by molar-refractivity contribution is 5.90.